The molecule has 6 nitrogen and oxygen atoms in total. The molecular weight excluding hydrogens is 697 g/mol. The molecule has 0 aromatic heterocycles. The molecular formula is C50H78O6. The first-order valence-electron chi connectivity index (χ1n) is 21.6. The van der Waals surface area contributed by atoms with Crippen molar-refractivity contribution in [3.8, 4) is 11.5 Å². The van der Waals surface area contributed by atoms with Crippen LogP contribution >= 0.6 is 0 Å². The third kappa shape index (κ3) is 13.5. The summed E-state index contributed by atoms with van der Waals surface area (Å²) in [5.41, 5.74) is 4.41. The quantitative estimate of drug-likeness (QED) is 0.138. The number of hydrogen-bond donors (Lipinski definition) is 2. The average molecular weight is 775 g/mol. The molecule has 2 saturated carbocycles. The SMILES string of the molecule is C=CCc1cc(C(C)(C)c2ccc(OC(C)(C)C)c(CC=C)c2)ccc1OCC(O)COC1CCC(C(C)(C)C2CCC(OCC(O)CC(C)(C)C)CC2)CC1. The first-order chi connectivity index (χ1) is 26.2. The number of ether oxygens (including phenoxy) is 4. The van der Waals surface area contributed by atoms with Gasteiger partial charge in [-0.05, 0) is 148 Å². The Hall–Kier alpha value is -2.64. The van der Waals surface area contributed by atoms with E-state index in [1.807, 2.05) is 18.2 Å². The van der Waals surface area contributed by atoms with E-state index in [9.17, 15) is 10.2 Å². The van der Waals surface area contributed by atoms with Crippen molar-refractivity contribution in [1.82, 2.24) is 0 Å². The molecule has 0 aliphatic heterocycles. The maximum Gasteiger partial charge on any atom is 0.123 e. The monoisotopic (exact) mass is 775 g/mol. The molecule has 2 fully saturated rings. The van der Waals surface area contributed by atoms with Gasteiger partial charge in [0.1, 0.15) is 29.8 Å². The van der Waals surface area contributed by atoms with Crippen molar-refractivity contribution < 1.29 is 29.2 Å². The number of aliphatic hydroxyl groups is 2. The molecule has 0 bridgehead atoms. The fraction of sp³-hybridized carbons (Fsp3) is 0.680. The molecule has 2 aliphatic rings. The van der Waals surface area contributed by atoms with Crippen LogP contribution in [0.4, 0.5) is 0 Å². The highest BCUT2D eigenvalue weighted by Gasteiger charge is 2.41. The second-order valence-corrected chi connectivity index (χ2v) is 20.3. The highest BCUT2D eigenvalue weighted by molar-refractivity contribution is 5.48. The summed E-state index contributed by atoms with van der Waals surface area (Å²) in [6.45, 7) is 31.0. The van der Waals surface area contributed by atoms with E-state index in [0.29, 0.717) is 24.9 Å². The van der Waals surface area contributed by atoms with Crippen LogP contribution in [0.15, 0.2) is 61.7 Å². The molecule has 0 spiro atoms. The van der Waals surface area contributed by atoms with E-state index < -0.39 is 6.10 Å². The zero-order valence-corrected chi connectivity index (χ0v) is 36.9. The maximum absolute atomic E-state index is 10.9. The Bertz CT molecular complexity index is 1530. The van der Waals surface area contributed by atoms with Crippen LogP contribution in [-0.4, -0.2) is 60.1 Å². The highest BCUT2D eigenvalue weighted by Crippen LogP contribution is 2.49. The van der Waals surface area contributed by atoms with Crippen LogP contribution in [0, 0.1) is 22.7 Å². The summed E-state index contributed by atoms with van der Waals surface area (Å²) in [5.74, 6) is 3.04. The number of rotatable bonds is 19. The van der Waals surface area contributed by atoms with Crippen molar-refractivity contribution in [2.24, 2.45) is 22.7 Å². The van der Waals surface area contributed by atoms with Gasteiger partial charge in [-0.2, -0.15) is 0 Å². The van der Waals surface area contributed by atoms with Gasteiger partial charge in [0.2, 0.25) is 0 Å². The smallest absolute Gasteiger partial charge is 0.123 e. The summed E-state index contributed by atoms with van der Waals surface area (Å²) >= 11 is 0. The molecule has 2 unspecified atom stereocenters. The Labute approximate surface area is 341 Å². The molecule has 56 heavy (non-hydrogen) atoms. The van der Waals surface area contributed by atoms with E-state index in [4.69, 9.17) is 18.9 Å². The molecule has 2 aliphatic carbocycles. The first-order valence-corrected chi connectivity index (χ1v) is 21.6. The van der Waals surface area contributed by atoms with Gasteiger partial charge in [-0.3, -0.25) is 0 Å². The summed E-state index contributed by atoms with van der Waals surface area (Å²) in [4.78, 5) is 0. The number of allylic oxidation sites excluding steroid dienone is 2. The highest BCUT2D eigenvalue weighted by atomic mass is 16.5. The minimum atomic E-state index is -0.707. The van der Waals surface area contributed by atoms with Gasteiger partial charge < -0.3 is 29.2 Å². The Morgan fingerprint density at radius 1 is 0.625 bits per heavy atom. The summed E-state index contributed by atoms with van der Waals surface area (Å²) in [6, 6.07) is 12.9. The predicted molar refractivity (Wildman–Crippen MR) is 232 cm³/mol. The number of aliphatic hydroxyl groups excluding tert-OH is 2. The van der Waals surface area contributed by atoms with Crippen LogP contribution in [0.25, 0.3) is 0 Å². The lowest BCUT2D eigenvalue weighted by Gasteiger charge is -2.46. The molecule has 2 atom stereocenters. The van der Waals surface area contributed by atoms with Crippen molar-refractivity contribution in [2.45, 2.75) is 175 Å². The van der Waals surface area contributed by atoms with Gasteiger partial charge in [0.25, 0.3) is 0 Å². The molecule has 0 heterocycles. The number of hydrogen-bond acceptors (Lipinski definition) is 6. The summed E-state index contributed by atoms with van der Waals surface area (Å²) < 4.78 is 25.0. The second kappa shape index (κ2) is 19.9. The van der Waals surface area contributed by atoms with Gasteiger partial charge in [0.15, 0.2) is 0 Å². The fourth-order valence-corrected chi connectivity index (χ4v) is 9.08. The van der Waals surface area contributed by atoms with Crippen LogP contribution in [0.1, 0.15) is 149 Å². The van der Waals surface area contributed by atoms with Gasteiger partial charge in [0.05, 0.1) is 31.5 Å². The summed E-state index contributed by atoms with van der Waals surface area (Å²) in [5, 5.41) is 21.3. The van der Waals surface area contributed by atoms with Crippen LogP contribution in [0.5, 0.6) is 11.5 Å². The normalized spacial score (nSPS) is 22.3. The molecule has 4 rings (SSSR count). The standard InChI is InChI=1S/C50H78O6/c1-13-15-35-29-39(50(11,12)40-22-28-46(56-48(6,7)8)36(30-40)16-14-2)21-27-45(35)55-34-42(52)33-54-44-25-19-38(20-26-44)49(9,10)37-17-23-43(24-18-37)53-32-41(51)31-47(3,4)5/h13-14,21-22,27-30,37-38,41-44,51-52H,1-2,15-20,23-26,31-34H2,3-12H3. The topological polar surface area (TPSA) is 77.4 Å². The third-order valence-corrected chi connectivity index (χ3v) is 12.5. The molecule has 0 amide bonds. The van der Waals surface area contributed by atoms with Crippen molar-refractivity contribution in [3.05, 3.63) is 84.0 Å². The fourth-order valence-electron chi connectivity index (χ4n) is 9.08. The average Bonchev–Trinajstić information content (AvgIpc) is 3.12. The molecule has 0 saturated heterocycles. The zero-order chi connectivity index (χ0) is 41.3. The second-order valence-electron chi connectivity index (χ2n) is 20.3. The van der Waals surface area contributed by atoms with Gasteiger partial charge in [-0.15, -0.1) is 13.2 Å². The first kappa shape index (κ1) is 46.1. The lowest BCUT2D eigenvalue weighted by atomic mass is 9.60. The summed E-state index contributed by atoms with van der Waals surface area (Å²) in [7, 11) is 0. The molecule has 2 aromatic carbocycles. The minimum Gasteiger partial charge on any atom is -0.491 e. The number of benzene rings is 2. The largest absolute Gasteiger partial charge is 0.491 e. The Morgan fingerprint density at radius 2 is 1.07 bits per heavy atom. The zero-order valence-electron chi connectivity index (χ0n) is 36.9. The lowest BCUT2D eigenvalue weighted by molar-refractivity contribution is -0.0660. The summed E-state index contributed by atoms with van der Waals surface area (Å²) in [6.07, 6.45) is 14.3. The Balaban J connectivity index is 1.24. The van der Waals surface area contributed by atoms with Crippen LogP contribution < -0.4 is 9.47 Å². The lowest BCUT2D eigenvalue weighted by Crippen LogP contribution is -2.39. The van der Waals surface area contributed by atoms with Crippen molar-refractivity contribution in [3.63, 3.8) is 0 Å². The van der Waals surface area contributed by atoms with E-state index in [0.717, 1.165) is 74.0 Å². The molecule has 0 radical (unpaired) electrons. The van der Waals surface area contributed by atoms with Crippen molar-refractivity contribution >= 4 is 0 Å². The van der Waals surface area contributed by atoms with Gasteiger partial charge in [-0.1, -0.05) is 84.9 Å². The van der Waals surface area contributed by atoms with Gasteiger partial charge in [0, 0.05) is 5.41 Å². The molecule has 2 N–H and O–H groups in total. The predicted octanol–water partition coefficient (Wildman–Crippen LogP) is 11.4. The van der Waals surface area contributed by atoms with Gasteiger partial charge in [-0.25, -0.2) is 0 Å². The Morgan fingerprint density at radius 3 is 1.52 bits per heavy atom. The van der Waals surface area contributed by atoms with E-state index in [1.54, 1.807) is 0 Å². The van der Waals surface area contributed by atoms with E-state index in [-0.39, 0.29) is 53.4 Å². The van der Waals surface area contributed by atoms with E-state index in [2.05, 4.69) is 113 Å². The third-order valence-electron chi connectivity index (χ3n) is 12.5. The Kier molecular flexibility index (Phi) is 16.3. The molecule has 6 heteroatoms. The molecule has 2 aromatic rings. The van der Waals surface area contributed by atoms with Crippen LogP contribution in [0.2, 0.25) is 0 Å². The maximum atomic E-state index is 10.9. The van der Waals surface area contributed by atoms with Crippen molar-refractivity contribution in [2.75, 3.05) is 19.8 Å². The van der Waals surface area contributed by atoms with Gasteiger partial charge >= 0.3 is 0 Å². The molecule has 314 valence electrons. The van der Waals surface area contributed by atoms with Crippen LogP contribution in [0.3, 0.4) is 0 Å². The van der Waals surface area contributed by atoms with E-state index >= 15 is 0 Å². The minimum absolute atomic E-state index is 0.111. The van der Waals surface area contributed by atoms with E-state index in [1.165, 1.54) is 24.0 Å². The van der Waals surface area contributed by atoms with Crippen molar-refractivity contribution in [1.29, 1.82) is 0 Å². The van der Waals surface area contributed by atoms with Crippen LogP contribution in [-0.2, 0) is 27.7 Å².